The second kappa shape index (κ2) is 11.3. The molecule has 0 spiro atoms. The molecule has 0 bridgehead atoms. The Labute approximate surface area is 190 Å². The van der Waals surface area contributed by atoms with E-state index in [0.717, 1.165) is 16.7 Å². The highest BCUT2D eigenvalue weighted by Gasteiger charge is 2.11. The molecule has 8 heteroatoms. The maximum absolute atomic E-state index is 12.3. The predicted octanol–water partition coefficient (Wildman–Crippen LogP) is 3.47. The van der Waals surface area contributed by atoms with E-state index >= 15 is 0 Å². The second-order valence-electron chi connectivity index (χ2n) is 7.06. The summed E-state index contributed by atoms with van der Waals surface area (Å²) in [5, 5.41) is 17.3. The average molecular weight is 445 g/mol. The van der Waals surface area contributed by atoms with E-state index in [1.54, 1.807) is 37.4 Å². The number of ketones is 2. The van der Waals surface area contributed by atoms with Gasteiger partial charge in [-0.25, -0.2) is 4.68 Å². The van der Waals surface area contributed by atoms with E-state index in [2.05, 4.69) is 10.3 Å². The van der Waals surface area contributed by atoms with Crippen LogP contribution in [-0.2, 0) is 25.7 Å². The summed E-state index contributed by atoms with van der Waals surface area (Å²) >= 11 is 0. The lowest BCUT2D eigenvalue weighted by molar-refractivity contribution is -0.144. The lowest BCUT2D eigenvalue weighted by Gasteiger charge is -2.02. The van der Waals surface area contributed by atoms with Crippen molar-refractivity contribution in [2.45, 2.75) is 19.9 Å². The van der Waals surface area contributed by atoms with Gasteiger partial charge in [0.1, 0.15) is 18.0 Å². The largest absolute Gasteiger partial charge is 0.508 e. The Morgan fingerprint density at radius 1 is 1.00 bits per heavy atom. The molecule has 3 rings (SSSR count). The van der Waals surface area contributed by atoms with Crippen LogP contribution in [0, 0.1) is 0 Å². The number of allylic oxidation sites excluding steroid dienone is 2. The molecular weight excluding hydrogens is 422 g/mol. The molecule has 168 valence electrons. The molecule has 0 amide bonds. The number of aromatic hydroxyl groups is 1. The van der Waals surface area contributed by atoms with Crippen LogP contribution < -0.4 is 0 Å². The minimum Gasteiger partial charge on any atom is -0.508 e. The number of hydrogen-bond acceptors (Lipinski definition) is 7. The number of ether oxygens (including phenoxy) is 1. The van der Waals surface area contributed by atoms with Crippen molar-refractivity contribution < 1.29 is 24.2 Å². The molecule has 0 aliphatic heterocycles. The minimum absolute atomic E-state index is 0.0445. The summed E-state index contributed by atoms with van der Waals surface area (Å²) in [6.45, 7) is 1.97. The van der Waals surface area contributed by atoms with Gasteiger partial charge in [0, 0.05) is 5.56 Å². The summed E-state index contributed by atoms with van der Waals surface area (Å²) in [4.78, 5) is 36.0. The first-order valence-corrected chi connectivity index (χ1v) is 10.3. The topological polar surface area (TPSA) is 111 Å². The Bertz CT molecular complexity index is 1190. The highest BCUT2D eigenvalue weighted by atomic mass is 16.5. The fraction of sp³-hybridized carbons (Fsp3) is 0.160. The van der Waals surface area contributed by atoms with Gasteiger partial charge in [0.05, 0.1) is 19.2 Å². The maximum atomic E-state index is 12.3. The van der Waals surface area contributed by atoms with E-state index in [9.17, 15) is 19.5 Å². The number of nitrogens with zero attached hydrogens (tertiary/aromatic N) is 3. The highest BCUT2D eigenvalue weighted by Crippen LogP contribution is 2.22. The molecule has 33 heavy (non-hydrogen) atoms. The number of phenolic OH excluding ortho intramolecular Hbond substituents is 1. The van der Waals surface area contributed by atoms with Crippen molar-refractivity contribution in [1.82, 2.24) is 15.0 Å². The van der Waals surface area contributed by atoms with Crippen LogP contribution in [0.15, 0.2) is 66.9 Å². The number of aromatic nitrogens is 3. The standard InChI is InChI=1S/C25H23N3O5/c1-2-33-25(32)17-28-16-24(26-27-28)23-6-4-3-5-19(23)10-14-22(31)15-21(30)13-9-18-7-11-20(29)12-8-18/h3-14,16,29H,2,15,17H2,1H3. The fourth-order valence-electron chi connectivity index (χ4n) is 2.96. The summed E-state index contributed by atoms with van der Waals surface area (Å²) in [6.07, 6.45) is 7.28. The molecule has 0 unspecified atom stereocenters. The van der Waals surface area contributed by atoms with Crippen LogP contribution >= 0.6 is 0 Å². The van der Waals surface area contributed by atoms with E-state index in [1.165, 1.54) is 29.0 Å². The van der Waals surface area contributed by atoms with Crippen molar-refractivity contribution in [3.8, 4) is 17.0 Å². The van der Waals surface area contributed by atoms with Crippen molar-refractivity contribution in [2.75, 3.05) is 6.61 Å². The number of benzene rings is 2. The molecule has 1 N–H and O–H groups in total. The third-order valence-corrected chi connectivity index (χ3v) is 4.52. The van der Waals surface area contributed by atoms with Crippen LogP contribution in [0.4, 0.5) is 0 Å². The van der Waals surface area contributed by atoms with Gasteiger partial charge in [-0.15, -0.1) is 5.10 Å². The number of hydrogen-bond donors (Lipinski definition) is 1. The number of rotatable bonds is 10. The smallest absolute Gasteiger partial charge is 0.327 e. The van der Waals surface area contributed by atoms with Crippen LogP contribution in [0.5, 0.6) is 5.75 Å². The van der Waals surface area contributed by atoms with Gasteiger partial charge in [-0.05, 0) is 42.3 Å². The van der Waals surface area contributed by atoms with Gasteiger partial charge in [-0.2, -0.15) is 0 Å². The average Bonchev–Trinajstić information content (AvgIpc) is 3.26. The van der Waals surface area contributed by atoms with Gasteiger partial charge in [0.15, 0.2) is 11.6 Å². The quantitative estimate of drug-likeness (QED) is 0.289. The number of esters is 1. The zero-order valence-corrected chi connectivity index (χ0v) is 18.0. The van der Waals surface area contributed by atoms with Crippen molar-refractivity contribution in [2.24, 2.45) is 0 Å². The normalized spacial score (nSPS) is 11.2. The number of carbonyl (C=O) groups excluding carboxylic acids is 3. The van der Waals surface area contributed by atoms with Crippen molar-refractivity contribution in [1.29, 1.82) is 0 Å². The number of carbonyl (C=O) groups is 3. The van der Waals surface area contributed by atoms with E-state index < -0.39 is 5.97 Å². The monoisotopic (exact) mass is 445 g/mol. The third-order valence-electron chi connectivity index (χ3n) is 4.52. The molecule has 0 fully saturated rings. The second-order valence-corrected chi connectivity index (χ2v) is 7.06. The van der Waals surface area contributed by atoms with Gasteiger partial charge in [-0.3, -0.25) is 14.4 Å². The molecule has 8 nitrogen and oxygen atoms in total. The molecule has 0 saturated heterocycles. The first kappa shape index (κ1) is 23.3. The predicted molar refractivity (Wildman–Crippen MR) is 123 cm³/mol. The van der Waals surface area contributed by atoms with Crippen LogP contribution in [0.3, 0.4) is 0 Å². The molecule has 0 saturated carbocycles. The molecule has 3 aromatic rings. The lowest BCUT2D eigenvalue weighted by atomic mass is 10.0. The Morgan fingerprint density at radius 3 is 2.42 bits per heavy atom. The first-order chi connectivity index (χ1) is 15.9. The Balaban J connectivity index is 1.64. The zero-order chi connectivity index (χ0) is 23.6. The van der Waals surface area contributed by atoms with Crippen LogP contribution in [0.2, 0.25) is 0 Å². The molecule has 1 heterocycles. The minimum atomic E-state index is -0.406. The molecular formula is C25H23N3O5. The first-order valence-electron chi connectivity index (χ1n) is 10.3. The van der Waals surface area contributed by atoms with Gasteiger partial charge in [0.2, 0.25) is 0 Å². The summed E-state index contributed by atoms with van der Waals surface area (Å²) in [7, 11) is 0. The van der Waals surface area contributed by atoms with E-state index in [-0.39, 0.29) is 36.9 Å². The van der Waals surface area contributed by atoms with Gasteiger partial charge < -0.3 is 9.84 Å². The van der Waals surface area contributed by atoms with Gasteiger partial charge in [-0.1, -0.05) is 53.8 Å². The van der Waals surface area contributed by atoms with E-state index in [1.807, 2.05) is 24.3 Å². The summed E-state index contributed by atoms with van der Waals surface area (Å²) in [6, 6.07) is 13.7. The highest BCUT2D eigenvalue weighted by molar-refractivity contribution is 6.11. The van der Waals surface area contributed by atoms with E-state index in [0.29, 0.717) is 5.69 Å². The molecule has 0 aliphatic rings. The van der Waals surface area contributed by atoms with E-state index in [4.69, 9.17) is 4.74 Å². The maximum Gasteiger partial charge on any atom is 0.327 e. The SMILES string of the molecule is CCOC(=O)Cn1cc(-c2ccccc2C=CC(=O)CC(=O)C=Cc2ccc(O)cc2)nn1. The van der Waals surface area contributed by atoms with Crippen LogP contribution in [0.25, 0.3) is 23.4 Å². The van der Waals surface area contributed by atoms with Crippen molar-refractivity contribution >= 4 is 29.7 Å². The zero-order valence-electron chi connectivity index (χ0n) is 18.0. The summed E-state index contributed by atoms with van der Waals surface area (Å²) < 4.78 is 6.30. The number of phenols is 1. The summed E-state index contributed by atoms with van der Waals surface area (Å²) in [5.41, 5.74) is 2.74. The Morgan fingerprint density at radius 2 is 1.70 bits per heavy atom. The third kappa shape index (κ3) is 7.10. The van der Waals surface area contributed by atoms with Crippen LogP contribution in [-0.4, -0.2) is 44.2 Å². The Kier molecular flexibility index (Phi) is 8.02. The summed E-state index contributed by atoms with van der Waals surface area (Å²) in [5.74, 6) is -0.929. The van der Waals surface area contributed by atoms with Crippen molar-refractivity contribution in [3.63, 3.8) is 0 Å². The molecule has 1 aromatic heterocycles. The molecule has 2 aromatic carbocycles. The molecule has 0 aliphatic carbocycles. The fourth-order valence-corrected chi connectivity index (χ4v) is 2.96. The van der Waals surface area contributed by atoms with Crippen molar-refractivity contribution in [3.05, 3.63) is 78.0 Å². The Hall–Kier alpha value is -4.33. The van der Waals surface area contributed by atoms with Gasteiger partial charge in [0.25, 0.3) is 0 Å². The van der Waals surface area contributed by atoms with Gasteiger partial charge >= 0.3 is 5.97 Å². The van der Waals surface area contributed by atoms with Crippen LogP contribution in [0.1, 0.15) is 24.5 Å². The molecule has 0 radical (unpaired) electrons. The lowest BCUT2D eigenvalue weighted by Crippen LogP contribution is -2.13. The molecule has 0 atom stereocenters.